The number of aliphatic imine (C=N–C) groups is 1. The predicted octanol–water partition coefficient (Wildman–Crippen LogP) is 6.87. The highest BCUT2D eigenvalue weighted by Gasteiger charge is 2.33. The zero-order valence-electron chi connectivity index (χ0n) is 24.2. The van der Waals surface area contributed by atoms with Gasteiger partial charge in [0.15, 0.2) is 11.0 Å². The minimum Gasteiger partial charge on any atom is -0.406 e. The number of hydrogen-bond acceptors (Lipinski definition) is 6. The van der Waals surface area contributed by atoms with Gasteiger partial charge in [-0.3, -0.25) is 9.69 Å². The van der Waals surface area contributed by atoms with E-state index in [0.717, 1.165) is 22.9 Å². The number of amidine groups is 1. The van der Waals surface area contributed by atoms with Crippen LogP contribution in [-0.4, -0.2) is 50.5 Å². The molecule has 14 heteroatoms. The van der Waals surface area contributed by atoms with E-state index in [2.05, 4.69) is 25.1 Å². The number of carbonyl (C=O) groups excluding carboxylic acids is 2. The van der Waals surface area contributed by atoms with Crippen LogP contribution in [0.4, 0.5) is 28.0 Å². The summed E-state index contributed by atoms with van der Waals surface area (Å²) in [6.07, 6.45) is -1.97. The lowest BCUT2D eigenvalue weighted by atomic mass is 10.0. The number of amides is 3. The molecule has 2 heterocycles. The number of anilines is 1. The van der Waals surface area contributed by atoms with Crippen LogP contribution in [0.15, 0.2) is 78.0 Å². The van der Waals surface area contributed by atoms with Gasteiger partial charge in [0.1, 0.15) is 17.9 Å². The van der Waals surface area contributed by atoms with Gasteiger partial charge in [-0.25, -0.2) is 18.9 Å². The van der Waals surface area contributed by atoms with E-state index in [9.17, 15) is 27.2 Å². The Balaban J connectivity index is 1.13. The first kappa shape index (κ1) is 31.7. The fraction of sp³-hybridized carbons (Fsp3) is 0.258. The summed E-state index contributed by atoms with van der Waals surface area (Å²) in [4.78, 5) is 35.0. The van der Waals surface area contributed by atoms with Gasteiger partial charge in [-0.1, -0.05) is 49.9 Å². The lowest BCUT2D eigenvalue weighted by Gasteiger charge is -2.21. The molecule has 9 nitrogen and oxygen atoms in total. The fourth-order valence-corrected chi connectivity index (χ4v) is 5.49. The highest BCUT2D eigenvalue weighted by molar-refractivity contribution is 8.15. The highest BCUT2D eigenvalue weighted by Crippen LogP contribution is 2.34. The first-order valence-electron chi connectivity index (χ1n) is 14.0. The third-order valence-electron chi connectivity index (χ3n) is 6.77. The van der Waals surface area contributed by atoms with E-state index < -0.39 is 18.2 Å². The Morgan fingerprint density at radius 1 is 1.09 bits per heavy atom. The van der Waals surface area contributed by atoms with Gasteiger partial charge in [0.2, 0.25) is 5.91 Å². The van der Waals surface area contributed by atoms with Gasteiger partial charge >= 0.3 is 12.4 Å². The number of aromatic nitrogens is 3. The van der Waals surface area contributed by atoms with Gasteiger partial charge < -0.3 is 10.1 Å². The molecule has 3 aromatic carbocycles. The summed E-state index contributed by atoms with van der Waals surface area (Å²) in [6.45, 7) is 4.17. The molecule has 4 aromatic rings. The van der Waals surface area contributed by atoms with Crippen molar-refractivity contribution in [1.82, 2.24) is 20.1 Å². The molecule has 0 radical (unpaired) electrons. The Bertz CT molecular complexity index is 1710. The van der Waals surface area contributed by atoms with Crippen LogP contribution in [0.3, 0.4) is 0 Å². The monoisotopic (exact) mass is 640 g/mol. The number of nitrogens with zero attached hydrogens (tertiary/aromatic N) is 5. The second kappa shape index (κ2) is 13.5. The Morgan fingerprint density at radius 2 is 1.82 bits per heavy atom. The Labute approximate surface area is 260 Å². The number of hydrogen-bond donors (Lipinski definition) is 1. The molecule has 0 unspecified atom stereocenters. The van der Waals surface area contributed by atoms with Crippen LogP contribution in [0.5, 0.6) is 5.75 Å². The van der Waals surface area contributed by atoms with E-state index in [0.29, 0.717) is 42.1 Å². The average Bonchev–Trinajstić information content (AvgIpc) is 3.62. The first-order chi connectivity index (χ1) is 21.5. The van der Waals surface area contributed by atoms with Crippen LogP contribution in [-0.2, 0) is 11.2 Å². The maximum absolute atomic E-state index is 13.9. The van der Waals surface area contributed by atoms with Crippen molar-refractivity contribution in [2.45, 2.75) is 39.0 Å². The molecule has 0 aliphatic carbocycles. The summed E-state index contributed by atoms with van der Waals surface area (Å²) in [5.74, 6) is -0.399. The zero-order valence-corrected chi connectivity index (χ0v) is 25.0. The van der Waals surface area contributed by atoms with Gasteiger partial charge in [-0.15, -0.1) is 18.3 Å². The third-order valence-corrected chi connectivity index (χ3v) is 7.70. The topological polar surface area (TPSA) is 102 Å². The van der Waals surface area contributed by atoms with Crippen molar-refractivity contribution in [3.05, 3.63) is 90.0 Å². The fourth-order valence-electron chi connectivity index (χ4n) is 4.63. The van der Waals surface area contributed by atoms with E-state index in [-0.39, 0.29) is 28.5 Å². The van der Waals surface area contributed by atoms with Crippen molar-refractivity contribution < 1.29 is 31.9 Å². The van der Waals surface area contributed by atoms with E-state index in [4.69, 9.17) is 0 Å². The normalized spacial score (nSPS) is 14.4. The lowest BCUT2D eigenvalue weighted by Crippen LogP contribution is -2.32. The zero-order chi connectivity index (χ0) is 32.1. The van der Waals surface area contributed by atoms with Gasteiger partial charge in [0.25, 0.3) is 0 Å². The van der Waals surface area contributed by atoms with E-state index in [1.54, 1.807) is 0 Å². The molecule has 45 heavy (non-hydrogen) atoms. The maximum Gasteiger partial charge on any atom is 0.573 e. The average molecular weight is 641 g/mol. The van der Waals surface area contributed by atoms with Crippen LogP contribution >= 0.6 is 11.8 Å². The molecule has 1 N–H and O–H groups in total. The largest absolute Gasteiger partial charge is 0.573 e. The van der Waals surface area contributed by atoms with E-state index >= 15 is 0 Å². The van der Waals surface area contributed by atoms with Gasteiger partial charge in [0, 0.05) is 12.1 Å². The lowest BCUT2D eigenvalue weighted by molar-refractivity contribution is -0.274. The second-order valence-electron chi connectivity index (χ2n) is 10.4. The Morgan fingerprint density at radius 3 is 2.51 bits per heavy atom. The summed E-state index contributed by atoms with van der Waals surface area (Å²) in [5, 5.41) is 7.42. The molecule has 234 valence electrons. The summed E-state index contributed by atoms with van der Waals surface area (Å²) in [7, 11) is 0. The van der Waals surface area contributed by atoms with Crippen molar-refractivity contribution in [3.8, 4) is 22.8 Å². The van der Waals surface area contributed by atoms with Crippen LogP contribution in [0.25, 0.3) is 17.1 Å². The summed E-state index contributed by atoms with van der Waals surface area (Å²) < 4.78 is 56.4. The first-order valence-corrected chi connectivity index (χ1v) is 14.9. The van der Waals surface area contributed by atoms with Crippen molar-refractivity contribution in [3.63, 3.8) is 0 Å². The van der Waals surface area contributed by atoms with Crippen LogP contribution in [0, 0.1) is 5.82 Å². The van der Waals surface area contributed by atoms with Crippen molar-refractivity contribution in [2.24, 2.45) is 4.99 Å². The minimum absolute atomic E-state index is 0.0389. The van der Waals surface area contributed by atoms with Gasteiger partial charge in [0.05, 0.1) is 17.1 Å². The predicted molar refractivity (Wildman–Crippen MR) is 163 cm³/mol. The molecular weight excluding hydrogens is 612 g/mol. The summed E-state index contributed by atoms with van der Waals surface area (Å²) in [6, 6.07) is 16.5. The molecule has 1 aliphatic heterocycles. The number of ether oxygens (including phenoxy) is 1. The molecule has 0 atom stereocenters. The molecule has 1 fully saturated rings. The van der Waals surface area contributed by atoms with Crippen molar-refractivity contribution >= 4 is 34.6 Å². The molecule has 0 bridgehead atoms. The quantitative estimate of drug-likeness (QED) is 0.158. The maximum atomic E-state index is 13.9. The SMILES string of the molecule is CC(C)c1cc(F)ccc1N1C(=O)CS/C1=N\C(=O)NCCCc1ccc(-c2ncn(-c3ccc(OC(F)(F)F)cc3)n2)cc1. The number of urea groups is 1. The van der Waals surface area contributed by atoms with Crippen LogP contribution in [0.1, 0.15) is 37.3 Å². The van der Waals surface area contributed by atoms with Gasteiger partial charge in [-0.2, -0.15) is 4.99 Å². The number of rotatable bonds is 9. The van der Waals surface area contributed by atoms with Crippen LogP contribution < -0.4 is 15.0 Å². The van der Waals surface area contributed by atoms with E-state index in [1.165, 1.54) is 58.4 Å². The number of alkyl halides is 3. The number of thioether (sulfide) groups is 1. The molecular formula is C31H28F4N6O3S. The van der Waals surface area contributed by atoms with E-state index in [1.807, 2.05) is 38.1 Å². The molecule has 0 saturated carbocycles. The Kier molecular flexibility index (Phi) is 9.51. The smallest absolute Gasteiger partial charge is 0.406 e. The minimum atomic E-state index is -4.76. The van der Waals surface area contributed by atoms with Crippen molar-refractivity contribution in [2.75, 3.05) is 17.2 Å². The molecule has 1 aliphatic rings. The number of aryl methyl sites for hydroxylation is 1. The third kappa shape index (κ3) is 8.06. The second-order valence-corrected chi connectivity index (χ2v) is 11.3. The number of benzene rings is 3. The number of nitrogens with one attached hydrogen (secondary N) is 1. The van der Waals surface area contributed by atoms with Crippen molar-refractivity contribution in [1.29, 1.82) is 0 Å². The standard InChI is InChI=1S/C31H28F4N6O3S/c1-19(2)25-16-22(32)9-14-26(25)41-27(42)17-45-30(41)38-29(43)36-15-3-4-20-5-7-21(8-6-20)28-37-18-40(39-28)23-10-12-24(13-11-23)44-31(33,34)35/h5-14,16,18-19H,3-4,15,17H2,1-2H3,(H,36,43)/b38-30-. The number of carbonyl (C=O) groups is 2. The summed E-state index contributed by atoms with van der Waals surface area (Å²) in [5.41, 5.74) is 3.48. The summed E-state index contributed by atoms with van der Waals surface area (Å²) >= 11 is 1.16. The van der Waals surface area contributed by atoms with Crippen LogP contribution in [0.2, 0.25) is 0 Å². The molecule has 5 rings (SSSR count). The molecule has 0 spiro atoms. The number of halogens is 4. The van der Waals surface area contributed by atoms with Gasteiger partial charge in [-0.05, 0) is 72.4 Å². The molecule has 1 saturated heterocycles. The molecule has 1 aromatic heterocycles. The molecule has 3 amide bonds. The highest BCUT2D eigenvalue weighted by atomic mass is 32.2. The Hall–Kier alpha value is -4.72.